The average molecular weight is 297 g/mol. The summed E-state index contributed by atoms with van der Waals surface area (Å²) in [4.78, 5) is 16.5. The molecule has 0 radical (unpaired) electrons. The van der Waals surface area contributed by atoms with E-state index in [1.807, 2.05) is 35.2 Å². The van der Waals surface area contributed by atoms with E-state index in [0.717, 1.165) is 43.6 Å². The zero-order valence-electron chi connectivity index (χ0n) is 9.81. The van der Waals surface area contributed by atoms with Gasteiger partial charge in [-0.2, -0.15) is 0 Å². The topological polar surface area (TPSA) is 23.6 Å². The molecule has 1 amide bonds. The summed E-state index contributed by atoms with van der Waals surface area (Å²) in [5, 5.41) is 1.000. The van der Waals surface area contributed by atoms with Crippen molar-refractivity contribution in [3.05, 3.63) is 35.9 Å². The molecule has 0 unspecified atom stereocenters. The van der Waals surface area contributed by atoms with Crippen LogP contribution in [0.5, 0.6) is 0 Å². The molecule has 1 heterocycles. The molecule has 1 aliphatic heterocycles. The highest BCUT2D eigenvalue weighted by atomic mass is 79.9. The van der Waals surface area contributed by atoms with Crippen LogP contribution in [-0.4, -0.2) is 53.8 Å². The molecule has 1 saturated heterocycles. The number of piperazine rings is 1. The second-order valence-corrected chi connectivity index (χ2v) is 4.98. The minimum atomic E-state index is 0.157. The molecule has 0 saturated carbocycles. The summed E-state index contributed by atoms with van der Waals surface area (Å²) in [6, 6.07) is 9.52. The second kappa shape index (κ2) is 6.17. The summed E-state index contributed by atoms with van der Waals surface area (Å²) in [5.41, 5.74) is 0.793. The summed E-state index contributed by atoms with van der Waals surface area (Å²) in [6.45, 7) is 4.68. The zero-order valence-corrected chi connectivity index (χ0v) is 11.4. The van der Waals surface area contributed by atoms with Gasteiger partial charge in [-0.25, -0.2) is 0 Å². The molecule has 2 rings (SSSR count). The van der Waals surface area contributed by atoms with Gasteiger partial charge in [0.15, 0.2) is 0 Å². The summed E-state index contributed by atoms with van der Waals surface area (Å²) in [7, 11) is 0. The molecule has 1 aromatic carbocycles. The Hall–Kier alpha value is -0.870. The van der Waals surface area contributed by atoms with E-state index in [0.29, 0.717) is 0 Å². The molecule has 0 aromatic heterocycles. The van der Waals surface area contributed by atoms with Crippen LogP contribution < -0.4 is 0 Å². The summed E-state index contributed by atoms with van der Waals surface area (Å²) < 4.78 is 0. The Morgan fingerprint density at radius 2 is 1.76 bits per heavy atom. The van der Waals surface area contributed by atoms with Crippen LogP contribution in [0, 0.1) is 0 Å². The Bertz CT molecular complexity index is 361. The zero-order chi connectivity index (χ0) is 12.1. The predicted octanol–water partition coefficient (Wildman–Crippen LogP) is 1.84. The first kappa shape index (κ1) is 12.6. The molecule has 4 heteroatoms. The van der Waals surface area contributed by atoms with Crippen LogP contribution in [0.1, 0.15) is 10.4 Å². The highest BCUT2D eigenvalue weighted by Gasteiger charge is 2.21. The van der Waals surface area contributed by atoms with Gasteiger partial charge in [0.1, 0.15) is 0 Å². The van der Waals surface area contributed by atoms with Crippen molar-refractivity contribution in [2.75, 3.05) is 38.1 Å². The SMILES string of the molecule is O=C(c1ccccc1)N1CCN(CCBr)CC1. The quantitative estimate of drug-likeness (QED) is 0.795. The number of benzene rings is 1. The Morgan fingerprint density at radius 1 is 1.12 bits per heavy atom. The lowest BCUT2D eigenvalue weighted by molar-refractivity contribution is 0.0645. The molecular weight excluding hydrogens is 280 g/mol. The molecule has 1 aliphatic rings. The Balaban J connectivity index is 1.91. The highest BCUT2D eigenvalue weighted by molar-refractivity contribution is 9.09. The first-order valence-electron chi connectivity index (χ1n) is 5.94. The number of rotatable bonds is 3. The van der Waals surface area contributed by atoms with Crippen molar-refractivity contribution < 1.29 is 4.79 Å². The van der Waals surface area contributed by atoms with Crippen LogP contribution in [0.25, 0.3) is 0 Å². The van der Waals surface area contributed by atoms with E-state index in [9.17, 15) is 4.79 Å². The lowest BCUT2D eigenvalue weighted by atomic mass is 10.2. The summed E-state index contributed by atoms with van der Waals surface area (Å²) >= 11 is 3.44. The number of hydrogen-bond acceptors (Lipinski definition) is 2. The van der Waals surface area contributed by atoms with E-state index < -0.39 is 0 Å². The van der Waals surface area contributed by atoms with Gasteiger partial charge in [0.25, 0.3) is 5.91 Å². The number of alkyl halides is 1. The molecule has 0 aliphatic carbocycles. The predicted molar refractivity (Wildman–Crippen MR) is 72.6 cm³/mol. The standard InChI is InChI=1S/C13H17BrN2O/c14-6-7-15-8-10-16(11-9-15)13(17)12-4-2-1-3-5-12/h1-5H,6-11H2. The maximum Gasteiger partial charge on any atom is 0.253 e. The molecule has 3 nitrogen and oxygen atoms in total. The molecule has 92 valence electrons. The van der Waals surface area contributed by atoms with Gasteiger partial charge >= 0.3 is 0 Å². The van der Waals surface area contributed by atoms with Crippen molar-refractivity contribution in [3.63, 3.8) is 0 Å². The van der Waals surface area contributed by atoms with E-state index in [-0.39, 0.29) is 5.91 Å². The molecule has 1 aromatic rings. The largest absolute Gasteiger partial charge is 0.336 e. The van der Waals surface area contributed by atoms with Crippen LogP contribution in [0.2, 0.25) is 0 Å². The fourth-order valence-corrected chi connectivity index (χ4v) is 2.56. The van der Waals surface area contributed by atoms with Crippen LogP contribution in [0.15, 0.2) is 30.3 Å². The minimum Gasteiger partial charge on any atom is -0.336 e. The van der Waals surface area contributed by atoms with Gasteiger partial charge in [-0.3, -0.25) is 9.69 Å². The van der Waals surface area contributed by atoms with E-state index in [1.165, 1.54) is 0 Å². The number of amides is 1. The maximum atomic E-state index is 12.2. The molecule has 0 spiro atoms. The van der Waals surface area contributed by atoms with Gasteiger partial charge in [-0.1, -0.05) is 34.1 Å². The van der Waals surface area contributed by atoms with Gasteiger partial charge in [0.2, 0.25) is 0 Å². The number of nitrogens with zero attached hydrogens (tertiary/aromatic N) is 2. The molecule has 0 bridgehead atoms. The Kier molecular flexibility index (Phi) is 4.57. The van der Waals surface area contributed by atoms with E-state index in [2.05, 4.69) is 20.8 Å². The van der Waals surface area contributed by atoms with Crippen molar-refractivity contribution in [2.45, 2.75) is 0 Å². The van der Waals surface area contributed by atoms with Gasteiger partial charge in [0, 0.05) is 43.6 Å². The average Bonchev–Trinajstić information content (AvgIpc) is 2.40. The normalized spacial score (nSPS) is 17.1. The lowest BCUT2D eigenvalue weighted by Crippen LogP contribution is -2.49. The number of carbonyl (C=O) groups excluding carboxylic acids is 1. The molecule has 17 heavy (non-hydrogen) atoms. The first-order valence-corrected chi connectivity index (χ1v) is 7.06. The van der Waals surface area contributed by atoms with Crippen molar-refractivity contribution in [1.29, 1.82) is 0 Å². The monoisotopic (exact) mass is 296 g/mol. The van der Waals surface area contributed by atoms with Crippen molar-refractivity contribution in [3.8, 4) is 0 Å². The van der Waals surface area contributed by atoms with Crippen LogP contribution in [0.4, 0.5) is 0 Å². The fraction of sp³-hybridized carbons (Fsp3) is 0.462. The van der Waals surface area contributed by atoms with Crippen molar-refractivity contribution >= 4 is 21.8 Å². The molecule has 1 fully saturated rings. The lowest BCUT2D eigenvalue weighted by Gasteiger charge is -2.34. The number of carbonyl (C=O) groups is 1. The minimum absolute atomic E-state index is 0.157. The molecule has 0 N–H and O–H groups in total. The van der Waals surface area contributed by atoms with Gasteiger partial charge in [0.05, 0.1) is 0 Å². The third-order valence-corrected chi connectivity index (χ3v) is 3.44. The third kappa shape index (κ3) is 3.30. The van der Waals surface area contributed by atoms with Crippen LogP contribution in [0.3, 0.4) is 0 Å². The second-order valence-electron chi connectivity index (χ2n) is 4.19. The molecule has 0 atom stereocenters. The highest BCUT2D eigenvalue weighted by Crippen LogP contribution is 2.08. The third-order valence-electron chi connectivity index (χ3n) is 3.08. The first-order chi connectivity index (χ1) is 8.31. The van der Waals surface area contributed by atoms with Crippen molar-refractivity contribution in [2.24, 2.45) is 0 Å². The van der Waals surface area contributed by atoms with Crippen LogP contribution in [-0.2, 0) is 0 Å². The van der Waals surface area contributed by atoms with E-state index in [4.69, 9.17) is 0 Å². The fourth-order valence-electron chi connectivity index (χ4n) is 2.06. The maximum absolute atomic E-state index is 12.2. The van der Waals surface area contributed by atoms with Crippen LogP contribution >= 0.6 is 15.9 Å². The number of hydrogen-bond donors (Lipinski definition) is 0. The number of halogens is 1. The Labute approximate surface area is 111 Å². The molecular formula is C13H17BrN2O. The van der Waals surface area contributed by atoms with Gasteiger partial charge in [-0.05, 0) is 12.1 Å². The van der Waals surface area contributed by atoms with E-state index in [1.54, 1.807) is 0 Å². The van der Waals surface area contributed by atoms with Crippen molar-refractivity contribution in [1.82, 2.24) is 9.80 Å². The smallest absolute Gasteiger partial charge is 0.253 e. The van der Waals surface area contributed by atoms with Gasteiger partial charge < -0.3 is 4.90 Å². The van der Waals surface area contributed by atoms with E-state index >= 15 is 0 Å². The summed E-state index contributed by atoms with van der Waals surface area (Å²) in [5.74, 6) is 0.157. The summed E-state index contributed by atoms with van der Waals surface area (Å²) in [6.07, 6.45) is 0. The van der Waals surface area contributed by atoms with Gasteiger partial charge in [-0.15, -0.1) is 0 Å². The Morgan fingerprint density at radius 3 is 2.35 bits per heavy atom.